The molecule has 0 radical (unpaired) electrons. The van der Waals surface area contributed by atoms with Crippen molar-refractivity contribution in [3.8, 4) is 12.1 Å². The fourth-order valence-corrected chi connectivity index (χ4v) is 2.71. The summed E-state index contributed by atoms with van der Waals surface area (Å²) < 4.78 is 5.04. The van der Waals surface area contributed by atoms with Crippen molar-refractivity contribution in [2.45, 2.75) is 12.6 Å². The fraction of sp³-hybridized carbons (Fsp3) is 0.316. The number of aliphatic imine (C=N–C) groups is 1. The lowest BCUT2D eigenvalue weighted by Gasteiger charge is -2.18. The van der Waals surface area contributed by atoms with Crippen LogP contribution in [0.25, 0.3) is 11.0 Å². The third-order valence-electron chi connectivity index (χ3n) is 3.86. The maximum absolute atomic E-state index is 10.4. The lowest BCUT2D eigenvalue weighted by Crippen LogP contribution is -2.87. The molecule has 3 N–H and O–H groups in total. The number of nitriles is 2. The number of allylic oxidation sites excluding steroid dienone is 2. The highest BCUT2D eigenvalue weighted by atomic mass is 16.5. The largest absolute Gasteiger partial charge is 0.762 e. The Morgan fingerprint density at radius 1 is 1.27 bits per heavy atom. The Hall–Kier alpha value is -3.06. The zero-order valence-corrected chi connectivity index (χ0v) is 14.4. The molecule has 1 unspecified atom stereocenters. The van der Waals surface area contributed by atoms with Crippen molar-refractivity contribution < 1.29 is 15.2 Å². The molecule has 0 saturated carbocycles. The van der Waals surface area contributed by atoms with E-state index in [4.69, 9.17) is 15.4 Å². The van der Waals surface area contributed by atoms with E-state index in [-0.39, 0.29) is 16.9 Å². The predicted molar refractivity (Wildman–Crippen MR) is 97.0 cm³/mol. The first kappa shape index (κ1) is 19.3. The molecule has 132 valence electrons. The average Bonchev–Trinajstić information content (AvgIpc) is 2.95. The zero-order chi connectivity index (χ0) is 19.0. The van der Waals surface area contributed by atoms with Crippen LogP contribution in [0.15, 0.2) is 46.5 Å². The molecular weight excluding hydrogens is 330 g/mol. The molecule has 7 heteroatoms. The minimum Gasteiger partial charge on any atom is -0.762 e. The van der Waals surface area contributed by atoms with Crippen LogP contribution in [0.3, 0.4) is 0 Å². The number of hydrogen-bond donors (Lipinski definition) is 2. The Morgan fingerprint density at radius 3 is 2.35 bits per heavy atom. The molecule has 1 aromatic carbocycles. The minimum atomic E-state index is -1.64. The number of nitrogens with two attached hydrogens (primary N) is 1. The Balaban J connectivity index is 0.000000342. The summed E-state index contributed by atoms with van der Waals surface area (Å²) in [5, 5.41) is 39.8. The van der Waals surface area contributed by atoms with Crippen molar-refractivity contribution in [3.63, 3.8) is 0 Å². The van der Waals surface area contributed by atoms with Crippen LogP contribution in [0, 0.1) is 22.7 Å². The molecule has 0 amide bonds. The van der Waals surface area contributed by atoms with Gasteiger partial charge in [0.05, 0.1) is 37.4 Å². The molecule has 2 aliphatic rings. The Bertz CT molecular complexity index is 835. The smallest absolute Gasteiger partial charge is 0.182 e. The summed E-state index contributed by atoms with van der Waals surface area (Å²) in [5.41, 5.74) is -0.990. The van der Waals surface area contributed by atoms with Gasteiger partial charge in [0.15, 0.2) is 5.72 Å². The summed E-state index contributed by atoms with van der Waals surface area (Å²) in [6.07, 6.45) is 0. The predicted octanol–water partition coefficient (Wildman–Crippen LogP) is 0.396. The van der Waals surface area contributed by atoms with Crippen molar-refractivity contribution in [1.29, 1.82) is 10.5 Å². The number of ether oxygens (including phenoxy) is 1. The lowest BCUT2D eigenvalue weighted by molar-refractivity contribution is -0.670. The van der Waals surface area contributed by atoms with Crippen LogP contribution in [0.5, 0.6) is 0 Å². The number of benzene rings is 1. The number of morpholine rings is 1. The van der Waals surface area contributed by atoms with Crippen LogP contribution in [-0.4, -0.2) is 48.7 Å². The highest BCUT2D eigenvalue weighted by Gasteiger charge is 2.38. The summed E-state index contributed by atoms with van der Waals surface area (Å²) >= 11 is 0. The minimum absolute atomic E-state index is 0.0543. The van der Waals surface area contributed by atoms with Crippen molar-refractivity contribution in [2.75, 3.05) is 26.3 Å². The first-order valence-corrected chi connectivity index (χ1v) is 8.15. The van der Waals surface area contributed by atoms with Gasteiger partial charge in [-0.2, -0.15) is 10.5 Å². The monoisotopic (exact) mass is 349 g/mol. The normalized spacial score (nSPS) is 21.5. The quantitative estimate of drug-likeness (QED) is 0.591. The van der Waals surface area contributed by atoms with Gasteiger partial charge < -0.3 is 20.6 Å². The number of nitrogens with zero attached hydrogens (tertiary/aromatic N) is 4. The van der Waals surface area contributed by atoms with E-state index < -0.39 is 5.72 Å². The lowest BCUT2D eigenvalue weighted by atomic mass is 9.92. The summed E-state index contributed by atoms with van der Waals surface area (Å²) in [7, 11) is 0. The van der Waals surface area contributed by atoms with Crippen molar-refractivity contribution in [1.82, 2.24) is 0 Å². The van der Waals surface area contributed by atoms with Gasteiger partial charge in [0, 0.05) is 5.57 Å². The van der Waals surface area contributed by atoms with E-state index in [1.54, 1.807) is 36.2 Å². The van der Waals surface area contributed by atoms with E-state index in [0.717, 1.165) is 26.3 Å². The van der Waals surface area contributed by atoms with Crippen molar-refractivity contribution in [2.24, 2.45) is 4.99 Å². The molecule has 2 aliphatic heterocycles. The maximum Gasteiger partial charge on any atom is 0.182 e. The molecule has 26 heavy (non-hydrogen) atoms. The maximum atomic E-state index is 10.4. The number of rotatable bonds is 2. The van der Waals surface area contributed by atoms with Gasteiger partial charge in [-0.05, 0) is 12.5 Å². The Labute approximate surface area is 152 Å². The molecule has 0 aliphatic carbocycles. The van der Waals surface area contributed by atoms with Crippen LogP contribution in [0.4, 0.5) is 0 Å². The molecular formula is C19H19N5O2. The van der Waals surface area contributed by atoms with E-state index in [9.17, 15) is 10.4 Å². The van der Waals surface area contributed by atoms with Crippen LogP contribution in [0.1, 0.15) is 12.5 Å². The molecule has 2 heterocycles. The first-order valence-electron chi connectivity index (χ1n) is 8.15. The van der Waals surface area contributed by atoms with Gasteiger partial charge >= 0.3 is 0 Å². The van der Waals surface area contributed by atoms with Gasteiger partial charge in [-0.25, -0.2) is 10.9 Å². The summed E-state index contributed by atoms with van der Waals surface area (Å²) in [5.74, 6) is 1.70. The van der Waals surface area contributed by atoms with Gasteiger partial charge in [-0.15, -0.1) is 0 Å². The van der Waals surface area contributed by atoms with E-state index in [1.165, 1.54) is 6.92 Å². The molecule has 0 spiro atoms. The van der Waals surface area contributed by atoms with E-state index >= 15 is 0 Å². The van der Waals surface area contributed by atoms with Crippen LogP contribution in [0.2, 0.25) is 0 Å². The van der Waals surface area contributed by atoms with Gasteiger partial charge in [0.2, 0.25) is 0 Å². The highest BCUT2D eigenvalue weighted by molar-refractivity contribution is 6.27. The molecule has 1 atom stereocenters. The third kappa shape index (κ3) is 4.31. The second-order valence-electron chi connectivity index (χ2n) is 5.79. The average molecular weight is 349 g/mol. The van der Waals surface area contributed by atoms with Crippen molar-refractivity contribution >= 4 is 17.2 Å². The van der Waals surface area contributed by atoms with E-state index in [1.807, 2.05) is 12.1 Å². The SMILES string of the molecule is C1COCC[NH2+]1.CC1(O)N=C(C(=C=[N-])C#N)C(C#N)=C1c1ccccc1. The van der Waals surface area contributed by atoms with Gasteiger partial charge in [-0.3, -0.25) is 0 Å². The first-order chi connectivity index (χ1) is 12.5. The van der Waals surface area contributed by atoms with Crippen LogP contribution < -0.4 is 5.32 Å². The van der Waals surface area contributed by atoms with Crippen molar-refractivity contribution in [3.05, 3.63) is 52.5 Å². The molecule has 0 aromatic heterocycles. The number of hydrogen-bond acceptors (Lipinski definition) is 5. The second-order valence-corrected chi connectivity index (χ2v) is 5.79. The van der Waals surface area contributed by atoms with Crippen LogP contribution >= 0.6 is 0 Å². The van der Waals surface area contributed by atoms with Gasteiger partial charge in [0.1, 0.15) is 17.9 Å². The second kappa shape index (κ2) is 8.87. The Kier molecular flexibility index (Phi) is 6.57. The molecule has 0 bridgehead atoms. The van der Waals surface area contributed by atoms with Gasteiger partial charge in [-0.1, -0.05) is 30.3 Å². The highest BCUT2D eigenvalue weighted by Crippen LogP contribution is 2.38. The standard InChI is InChI=1S/C15H9N4O.C4H9NO/c1-15(20)13(10-5-3-2-4-6-10)12(9-18)14(19-15)11(7-16)8-17;1-3-6-4-2-5-1/h2-6,20H,1H3;5H,1-4H2/q-1;/p+1. The zero-order valence-electron chi connectivity index (χ0n) is 14.4. The molecule has 1 saturated heterocycles. The number of quaternary nitrogens is 1. The summed E-state index contributed by atoms with van der Waals surface area (Å²) in [6, 6.07) is 12.4. The fourth-order valence-electron chi connectivity index (χ4n) is 2.71. The summed E-state index contributed by atoms with van der Waals surface area (Å²) in [6.45, 7) is 5.62. The van der Waals surface area contributed by atoms with Crippen LogP contribution in [-0.2, 0) is 4.74 Å². The van der Waals surface area contributed by atoms with E-state index in [2.05, 4.69) is 10.3 Å². The topological polar surface area (TPSA) is 128 Å². The third-order valence-corrected chi connectivity index (χ3v) is 3.86. The molecule has 1 aromatic rings. The molecule has 7 nitrogen and oxygen atoms in total. The molecule has 3 rings (SSSR count). The number of aliphatic hydroxyl groups is 1. The van der Waals surface area contributed by atoms with E-state index in [0.29, 0.717) is 11.1 Å². The Morgan fingerprint density at radius 2 is 1.92 bits per heavy atom. The summed E-state index contributed by atoms with van der Waals surface area (Å²) in [4.78, 5) is 3.97. The van der Waals surface area contributed by atoms with Gasteiger partial charge in [0.25, 0.3) is 0 Å². The molecule has 1 fully saturated rings.